The topological polar surface area (TPSA) is 33.6 Å². The predicted molar refractivity (Wildman–Crippen MR) is 50.6 cm³/mol. The third kappa shape index (κ3) is 1.04. The van der Waals surface area contributed by atoms with Gasteiger partial charge in [-0.05, 0) is 0 Å². The van der Waals surface area contributed by atoms with Crippen LogP contribution in [0.15, 0.2) is 28.0 Å². The number of fused-ring (bicyclic) bond motifs is 2. The van der Waals surface area contributed by atoms with Crippen LogP contribution in [0.2, 0.25) is 0 Å². The molecule has 3 nitrogen and oxygen atoms in total. The van der Waals surface area contributed by atoms with Crippen molar-refractivity contribution in [3.05, 3.63) is 23.0 Å². The number of allylic oxidation sites excluding steroid dienone is 1. The summed E-state index contributed by atoms with van der Waals surface area (Å²) in [5.74, 6) is 1.16. The Morgan fingerprint density at radius 2 is 2.54 bits per heavy atom. The molecule has 1 atom stereocenters. The van der Waals surface area contributed by atoms with E-state index in [0.717, 1.165) is 31.7 Å². The monoisotopic (exact) mass is 176 g/mol. The van der Waals surface area contributed by atoms with Crippen LogP contribution in [0.5, 0.6) is 0 Å². The highest BCUT2D eigenvalue weighted by Crippen LogP contribution is 2.35. The molecule has 0 aromatic carbocycles. The molecule has 0 saturated carbocycles. The van der Waals surface area contributed by atoms with Crippen molar-refractivity contribution in [1.29, 1.82) is 0 Å². The van der Waals surface area contributed by atoms with Crippen LogP contribution >= 0.6 is 0 Å². The molecule has 68 valence electrons. The fourth-order valence-electron chi connectivity index (χ4n) is 2.08. The quantitative estimate of drug-likeness (QED) is 0.597. The lowest BCUT2D eigenvalue weighted by atomic mass is 10.0. The third-order valence-corrected chi connectivity index (χ3v) is 2.72. The van der Waals surface area contributed by atoms with Crippen LogP contribution in [0.25, 0.3) is 0 Å². The Bertz CT molecular complexity index is 328. The Kier molecular flexibility index (Phi) is 1.52. The number of aliphatic imine (C=N–C) groups is 1. The van der Waals surface area contributed by atoms with Gasteiger partial charge in [0.1, 0.15) is 5.76 Å². The lowest BCUT2D eigenvalue weighted by Crippen LogP contribution is -2.24. The maximum absolute atomic E-state index is 5.74. The van der Waals surface area contributed by atoms with Crippen molar-refractivity contribution < 1.29 is 4.74 Å². The normalized spacial score (nSPS) is 30.8. The average molecular weight is 176 g/mol. The van der Waals surface area contributed by atoms with E-state index in [1.807, 2.05) is 6.21 Å². The number of dihydropyridines is 1. The van der Waals surface area contributed by atoms with Gasteiger partial charge >= 0.3 is 0 Å². The van der Waals surface area contributed by atoms with Gasteiger partial charge in [0.05, 0.1) is 0 Å². The van der Waals surface area contributed by atoms with Crippen LogP contribution in [-0.4, -0.2) is 25.5 Å². The Morgan fingerprint density at radius 1 is 1.54 bits per heavy atom. The van der Waals surface area contributed by atoms with E-state index in [1.54, 1.807) is 0 Å². The molecule has 0 fully saturated rings. The molecule has 3 heterocycles. The number of hydrogen-bond donors (Lipinski definition) is 1. The highest BCUT2D eigenvalue weighted by atomic mass is 16.5. The van der Waals surface area contributed by atoms with Crippen LogP contribution < -0.4 is 5.32 Å². The van der Waals surface area contributed by atoms with Crippen LogP contribution in [0.3, 0.4) is 0 Å². The van der Waals surface area contributed by atoms with Gasteiger partial charge in [0, 0.05) is 43.3 Å². The van der Waals surface area contributed by atoms with Crippen molar-refractivity contribution in [2.45, 2.75) is 19.1 Å². The molecular weight excluding hydrogens is 164 g/mol. The zero-order valence-corrected chi connectivity index (χ0v) is 7.42. The third-order valence-electron chi connectivity index (χ3n) is 2.72. The van der Waals surface area contributed by atoms with E-state index in [4.69, 9.17) is 4.74 Å². The first kappa shape index (κ1) is 7.33. The molecule has 0 saturated heterocycles. The van der Waals surface area contributed by atoms with E-state index in [-0.39, 0.29) is 6.23 Å². The molecule has 0 aliphatic carbocycles. The summed E-state index contributed by atoms with van der Waals surface area (Å²) in [6.07, 6.45) is 6.11. The number of ether oxygens (including phenoxy) is 1. The van der Waals surface area contributed by atoms with Gasteiger partial charge in [0.2, 0.25) is 6.23 Å². The Labute approximate surface area is 77.2 Å². The summed E-state index contributed by atoms with van der Waals surface area (Å²) in [5, 5.41) is 3.36. The van der Waals surface area contributed by atoms with Crippen molar-refractivity contribution in [3.8, 4) is 0 Å². The molecule has 0 radical (unpaired) electrons. The summed E-state index contributed by atoms with van der Waals surface area (Å²) in [6, 6.07) is 0. The van der Waals surface area contributed by atoms with Crippen molar-refractivity contribution in [2.75, 3.05) is 13.1 Å². The summed E-state index contributed by atoms with van der Waals surface area (Å²) >= 11 is 0. The highest BCUT2D eigenvalue weighted by molar-refractivity contribution is 5.64. The van der Waals surface area contributed by atoms with Gasteiger partial charge < -0.3 is 10.1 Å². The second kappa shape index (κ2) is 2.70. The highest BCUT2D eigenvalue weighted by Gasteiger charge is 2.32. The molecule has 0 bridgehead atoms. The van der Waals surface area contributed by atoms with Crippen LogP contribution in [-0.2, 0) is 4.74 Å². The van der Waals surface area contributed by atoms with Crippen molar-refractivity contribution in [1.82, 2.24) is 5.32 Å². The maximum Gasteiger partial charge on any atom is 0.214 e. The first-order valence-corrected chi connectivity index (χ1v) is 4.76. The second-order valence-electron chi connectivity index (χ2n) is 3.53. The largest absolute Gasteiger partial charge is 0.468 e. The number of nitrogens with one attached hydrogen (secondary N) is 1. The molecule has 13 heavy (non-hydrogen) atoms. The molecular formula is C10H12N2O. The van der Waals surface area contributed by atoms with E-state index in [9.17, 15) is 0 Å². The minimum Gasteiger partial charge on any atom is -0.468 e. The zero-order chi connectivity index (χ0) is 8.67. The molecule has 3 rings (SSSR count). The Morgan fingerprint density at radius 3 is 3.54 bits per heavy atom. The fraction of sp³-hybridized carbons (Fsp3) is 0.500. The fourth-order valence-corrected chi connectivity index (χ4v) is 2.08. The standard InChI is InChI=1S/C10H12N2O/c1-2-7-8-6-11-5-3-9(8)13-10(7)12-4-1/h2,4,10-11H,1,3,5-6H2. The minimum atomic E-state index is -0.0151. The first-order valence-electron chi connectivity index (χ1n) is 4.76. The van der Waals surface area contributed by atoms with Crippen LogP contribution in [0.4, 0.5) is 0 Å². The molecule has 1 N–H and O–H groups in total. The number of rotatable bonds is 0. The van der Waals surface area contributed by atoms with E-state index >= 15 is 0 Å². The van der Waals surface area contributed by atoms with Crippen molar-refractivity contribution >= 4 is 6.21 Å². The van der Waals surface area contributed by atoms with Crippen LogP contribution in [0.1, 0.15) is 12.8 Å². The molecule has 0 aromatic rings. The van der Waals surface area contributed by atoms with Gasteiger partial charge in [0.15, 0.2) is 0 Å². The molecule has 3 aliphatic heterocycles. The molecule has 3 aliphatic rings. The molecule has 1 unspecified atom stereocenters. The summed E-state index contributed by atoms with van der Waals surface area (Å²) in [4.78, 5) is 4.33. The van der Waals surface area contributed by atoms with Gasteiger partial charge in [-0.15, -0.1) is 0 Å². The zero-order valence-electron chi connectivity index (χ0n) is 7.42. The molecule has 0 spiro atoms. The number of hydrogen-bond acceptors (Lipinski definition) is 3. The summed E-state index contributed by atoms with van der Waals surface area (Å²) in [6.45, 7) is 1.98. The SMILES string of the molecule is C1=NC2OC3=C(CNCC3)C2=CC1. The van der Waals surface area contributed by atoms with E-state index < -0.39 is 0 Å². The smallest absolute Gasteiger partial charge is 0.214 e. The minimum absolute atomic E-state index is 0.0151. The van der Waals surface area contributed by atoms with Gasteiger partial charge in [-0.3, -0.25) is 4.99 Å². The van der Waals surface area contributed by atoms with Gasteiger partial charge in [0.25, 0.3) is 0 Å². The molecule has 3 heteroatoms. The van der Waals surface area contributed by atoms with Crippen molar-refractivity contribution in [2.24, 2.45) is 4.99 Å². The van der Waals surface area contributed by atoms with E-state index in [0.29, 0.717) is 0 Å². The lowest BCUT2D eigenvalue weighted by Gasteiger charge is -2.13. The van der Waals surface area contributed by atoms with Gasteiger partial charge in [-0.1, -0.05) is 6.08 Å². The van der Waals surface area contributed by atoms with Crippen LogP contribution in [0, 0.1) is 0 Å². The first-order chi connectivity index (χ1) is 6.45. The summed E-state index contributed by atoms with van der Waals surface area (Å²) in [5.41, 5.74) is 2.65. The molecule has 0 amide bonds. The summed E-state index contributed by atoms with van der Waals surface area (Å²) in [7, 11) is 0. The summed E-state index contributed by atoms with van der Waals surface area (Å²) < 4.78 is 5.74. The van der Waals surface area contributed by atoms with E-state index in [1.165, 1.54) is 11.1 Å². The van der Waals surface area contributed by atoms with Crippen molar-refractivity contribution in [3.63, 3.8) is 0 Å². The Hall–Kier alpha value is -1.09. The maximum atomic E-state index is 5.74. The number of nitrogens with zero attached hydrogens (tertiary/aromatic N) is 1. The lowest BCUT2D eigenvalue weighted by molar-refractivity contribution is 0.164. The second-order valence-corrected chi connectivity index (χ2v) is 3.53. The van der Waals surface area contributed by atoms with Gasteiger partial charge in [-0.2, -0.15) is 0 Å². The van der Waals surface area contributed by atoms with E-state index in [2.05, 4.69) is 16.4 Å². The molecule has 0 aromatic heterocycles. The average Bonchev–Trinajstić information content (AvgIpc) is 2.56. The predicted octanol–water partition coefficient (Wildman–Crippen LogP) is 0.991. The Balaban J connectivity index is 1.99. The van der Waals surface area contributed by atoms with Gasteiger partial charge in [-0.25, -0.2) is 0 Å².